The van der Waals surface area contributed by atoms with Crippen LogP contribution in [-0.4, -0.2) is 9.97 Å². The highest BCUT2D eigenvalue weighted by Crippen LogP contribution is 2.20. The fourth-order valence-electron chi connectivity index (χ4n) is 2.26. The average molecular weight is 270 g/mol. The Morgan fingerprint density at radius 2 is 1.75 bits per heavy atom. The Morgan fingerprint density at radius 3 is 2.40 bits per heavy atom. The second-order valence-corrected chi connectivity index (χ2v) is 5.10. The molecule has 0 fully saturated rings. The van der Waals surface area contributed by atoms with Crippen molar-refractivity contribution in [2.24, 2.45) is 0 Å². The van der Waals surface area contributed by atoms with Gasteiger partial charge in [-0.2, -0.15) is 0 Å². The fourth-order valence-corrected chi connectivity index (χ4v) is 2.26. The number of unbranched alkanes of at least 4 members (excludes halogenated alkanes) is 1. The molecule has 1 aromatic carbocycles. The van der Waals surface area contributed by atoms with Crippen molar-refractivity contribution in [3.05, 3.63) is 46.9 Å². The third-order valence-electron chi connectivity index (χ3n) is 3.36. The molecule has 0 aliphatic rings. The van der Waals surface area contributed by atoms with Crippen molar-refractivity contribution in [1.29, 1.82) is 0 Å². The van der Waals surface area contributed by atoms with Gasteiger partial charge >= 0.3 is 0 Å². The van der Waals surface area contributed by atoms with Crippen molar-refractivity contribution in [2.75, 3.05) is 11.5 Å². The average Bonchev–Trinajstić information content (AvgIpc) is 2.42. The minimum Gasteiger partial charge on any atom is -0.399 e. The number of rotatable bonds is 5. The molecule has 0 saturated heterocycles. The first-order valence-electron chi connectivity index (χ1n) is 7.06. The largest absolute Gasteiger partial charge is 0.399 e. The lowest BCUT2D eigenvalue weighted by Crippen LogP contribution is -2.08. The molecule has 0 unspecified atom stereocenters. The Labute approximate surface area is 120 Å². The van der Waals surface area contributed by atoms with Gasteiger partial charge in [0.05, 0.1) is 0 Å². The third kappa shape index (κ3) is 3.47. The molecule has 0 aliphatic carbocycles. The van der Waals surface area contributed by atoms with Gasteiger partial charge in [0.15, 0.2) is 0 Å². The van der Waals surface area contributed by atoms with Crippen LogP contribution in [0.15, 0.2) is 24.3 Å². The number of benzene rings is 1. The van der Waals surface area contributed by atoms with E-state index in [0.29, 0.717) is 5.82 Å². The summed E-state index contributed by atoms with van der Waals surface area (Å²) in [6, 6.07) is 7.87. The molecular weight excluding hydrogens is 248 g/mol. The molecule has 20 heavy (non-hydrogen) atoms. The number of hydrogen-bond acceptors (Lipinski definition) is 4. The molecule has 4 heteroatoms. The van der Waals surface area contributed by atoms with Gasteiger partial charge in [0.2, 0.25) is 0 Å². The summed E-state index contributed by atoms with van der Waals surface area (Å²) in [6.45, 7) is 4.07. The summed E-state index contributed by atoms with van der Waals surface area (Å²) in [5, 5.41) is 0. The molecule has 2 rings (SSSR count). The van der Waals surface area contributed by atoms with Gasteiger partial charge in [-0.1, -0.05) is 25.5 Å². The zero-order valence-corrected chi connectivity index (χ0v) is 12.2. The molecule has 0 atom stereocenters. The molecule has 0 amide bonds. The molecular formula is C16H22N4. The van der Waals surface area contributed by atoms with Crippen LogP contribution < -0.4 is 11.5 Å². The minimum atomic E-state index is 0.598. The van der Waals surface area contributed by atoms with Crippen LogP contribution in [0.4, 0.5) is 11.5 Å². The van der Waals surface area contributed by atoms with Crippen LogP contribution in [-0.2, 0) is 12.8 Å². The van der Waals surface area contributed by atoms with Gasteiger partial charge in [0, 0.05) is 23.4 Å². The highest BCUT2D eigenvalue weighted by molar-refractivity contribution is 5.47. The van der Waals surface area contributed by atoms with Crippen LogP contribution in [0.2, 0.25) is 0 Å². The van der Waals surface area contributed by atoms with E-state index in [4.69, 9.17) is 11.5 Å². The second-order valence-electron chi connectivity index (χ2n) is 5.10. The predicted molar refractivity (Wildman–Crippen MR) is 83.5 cm³/mol. The summed E-state index contributed by atoms with van der Waals surface area (Å²) in [6.07, 6.45) is 3.97. The number of aromatic nitrogens is 2. The molecule has 4 N–H and O–H groups in total. The number of nitrogens with two attached hydrogens (primary N) is 2. The van der Waals surface area contributed by atoms with Crippen molar-refractivity contribution in [3.63, 3.8) is 0 Å². The van der Waals surface area contributed by atoms with Crippen LogP contribution in [0, 0.1) is 6.92 Å². The quantitative estimate of drug-likeness (QED) is 0.819. The molecule has 0 spiro atoms. The van der Waals surface area contributed by atoms with Crippen molar-refractivity contribution >= 4 is 11.5 Å². The van der Waals surface area contributed by atoms with Crippen molar-refractivity contribution < 1.29 is 0 Å². The van der Waals surface area contributed by atoms with Gasteiger partial charge in [-0.25, -0.2) is 9.97 Å². The van der Waals surface area contributed by atoms with Crippen molar-refractivity contribution in [3.8, 4) is 0 Å². The topological polar surface area (TPSA) is 77.8 Å². The maximum atomic E-state index is 6.10. The summed E-state index contributed by atoms with van der Waals surface area (Å²) < 4.78 is 0. The first kappa shape index (κ1) is 14.3. The van der Waals surface area contributed by atoms with E-state index < -0.39 is 0 Å². The monoisotopic (exact) mass is 270 g/mol. The highest BCUT2D eigenvalue weighted by atomic mass is 14.9. The zero-order chi connectivity index (χ0) is 14.5. The van der Waals surface area contributed by atoms with Crippen LogP contribution in [0.1, 0.15) is 42.4 Å². The smallest absolute Gasteiger partial charge is 0.130 e. The molecule has 2 aromatic rings. The first-order valence-corrected chi connectivity index (χ1v) is 7.06. The van der Waals surface area contributed by atoms with Gasteiger partial charge in [-0.3, -0.25) is 0 Å². The van der Waals surface area contributed by atoms with Crippen LogP contribution >= 0.6 is 0 Å². The standard InChI is InChI=1S/C16H22N4/c1-3-4-5-15-14(16(18)20-11(2)19-15)10-12-6-8-13(17)9-7-12/h6-9H,3-5,10,17H2,1-2H3,(H2,18,19,20). The van der Waals surface area contributed by atoms with E-state index in [9.17, 15) is 0 Å². The minimum absolute atomic E-state index is 0.598. The Bertz CT molecular complexity index is 576. The molecule has 1 heterocycles. The van der Waals surface area contributed by atoms with Gasteiger partial charge in [0.1, 0.15) is 11.6 Å². The van der Waals surface area contributed by atoms with E-state index >= 15 is 0 Å². The van der Waals surface area contributed by atoms with E-state index in [1.165, 1.54) is 5.56 Å². The molecule has 1 aromatic heterocycles. The maximum absolute atomic E-state index is 6.10. The van der Waals surface area contributed by atoms with Crippen molar-refractivity contribution in [2.45, 2.75) is 39.5 Å². The molecule has 106 valence electrons. The van der Waals surface area contributed by atoms with E-state index in [0.717, 1.165) is 48.5 Å². The molecule has 0 saturated carbocycles. The van der Waals surface area contributed by atoms with Crippen LogP contribution in [0.3, 0.4) is 0 Å². The highest BCUT2D eigenvalue weighted by Gasteiger charge is 2.11. The molecule has 0 bridgehead atoms. The summed E-state index contributed by atoms with van der Waals surface area (Å²) in [7, 11) is 0. The van der Waals surface area contributed by atoms with Crippen LogP contribution in [0.5, 0.6) is 0 Å². The van der Waals surface area contributed by atoms with Crippen molar-refractivity contribution in [1.82, 2.24) is 9.97 Å². The lowest BCUT2D eigenvalue weighted by atomic mass is 10.0. The summed E-state index contributed by atoms with van der Waals surface area (Å²) in [5.41, 5.74) is 15.9. The lowest BCUT2D eigenvalue weighted by molar-refractivity contribution is 0.758. The fraction of sp³-hybridized carbons (Fsp3) is 0.375. The first-order chi connectivity index (χ1) is 9.60. The maximum Gasteiger partial charge on any atom is 0.130 e. The van der Waals surface area contributed by atoms with E-state index in [1.807, 2.05) is 31.2 Å². The van der Waals surface area contributed by atoms with Gasteiger partial charge in [0.25, 0.3) is 0 Å². The normalized spacial score (nSPS) is 10.7. The van der Waals surface area contributed by atoms with Crippen LogP contribution in [0.25, 0.3) is 0 Å². The lowest BCUT2D eigenvalue weighted by Gasteiger charge is -2.12. The second kappa shape index (κ2) is 6.37. The Morgan fingerprint density at radius 1 is 1.05 bits per heavy atom. The summed E-state index contributed by atoms with van der Waals surface area (Å²) in [4.78, 5) is 8.87. The summed E-state index contributed by atoms with van der Waals surface area (Å²) >= 11 is 0. The predicted octanol–water partition coefficient (Wildman–Crippen LogP) is 2.88. The number of anilines is 2. The molecule has 0 aliphatic heterocycles. The SMILES string of the molecule is CCCCc1nc(C)nc(N)c1Cc1ccc(N)cc1. The van der Waals surface area contributed by atoms with E-state index in [2.05, 4.69) is 16.9 Å². The van der Waals surface area contributed by atoms with Gasteiger partial charge < -0.3 is 11.5 Å². The third-order valence-corrected chi connectivity index (χ3v) is 3.36. The number of nitrogens with zero attached hydrogens (tertiary/aromatic N) is 2. The summed E-state index contributed by atoms with van der Waals surface area (Å²) in [5.74, 6) is 1.34. The zero-order valence-electron chi connectivity index (χ0n) is 12.2. The molecule has 4 nitrogen and oxygen atoms in total. The van der Waals surface area contributed by atoms with Gasteiger partial charge in [-0.05, 0) is 37.5 Å². The number of hydrogen-bond donors (Lipinski definition) is 2. The molecule has 0 radical (unpaired) electrons. The van der Waals surface area contributed by atoms with E-state index in [-0.39, 0.29) is 0 Å². The Hall–Kier alpha value is -2.10. The van der Waals surface area contributed by atoms with Gasteiger partial charge in [-0.15, -0.1) is 0 Å². The number of nitrogen functional groups attached to an aromatic ring is 2. The Kier molecular flexibility index (Phi) is 4.56. The Balaban J connectivity index is 2.31. The number of aryl methyl sites for hydroxylation is 2. The van der Waals surface area contributed by atoms with E-state index in [1.54, 1.807) is 0 Å².